The van der Waals surface area contributed by atoms with E-state index < -0.39 is 11.2 Å². The van der Waals surface area contributed by atoms with Crippen molar-refractivity contribution in [3.05, 3.63) is 22.8 Å². The van der Waals surface area contributed by atoms with Gasteiger partial charge in [0.2, 0.25) is 0 Å². The molecule has 1 rings (SSSR count). The van der Waals surface area contributed by atoms with Gasteiger partial charge in [-0.25, -0.2) is 0 Å². The first kappa shape index (κ1) is 28.4. The molecule has 0 fully saturated rings. The number of rotatable bonds is 15. The van der Waals surface area contributed by atoms with Crippen LogP contribution in [0.5, 0.6) is 0 Å². The topological polar surface area (TPSA) is 60.7 Å². The van der Waals surface area contributed by atoms with Crippen LogP contribution in [0, 0.1) is 11.8 Å². The van der Waals surface area contributed by atoms with Gasteiger partial charge >= 0.3 is 0 Å². The van der Waals surface area contributed by atoms with Crippen molar-refractivity contribution in [3.8, 4) is 0 Å². The summed E-state index contributed by atoms with van der Waals surface area (Å²) in [7, 11) is 0. The standard InChI is InChI=1S/C28H52O3/c1-8-9-10-16-27(6,30)18-12-19-28(7,31)17-11-13-21(2)14-15-25-20-26(29)24(5)22(3)23(25)4/h20-21,24,26,29-31H,8-19H2,1-7H3. The van der Waals surface area contributed by atoms with Gasteiger partial charge in [-0.05, 0) is 89.7 Å². The van der Waals surface area contributed by atoms with Crippen LogP contribution in [0.4, 0.5) is 0 Å². The van der Waals surface area contributed by atoms with Gasteiger partial charge in [0.05, 0.1) is 17.3 Å². The van der Waals surface area contributed by atoms with Crippen molar-refractivity contribution in [3.63, 3.8) is 0 Å². The fraction of sp³-hybridized carbons (Fsp3) is 0.857. The lowest BCUT2D eigenvalue weighted by molar-refractivity contribution is 0.0107. The molecule has 0 aliphatic heterocycles. The summed E-state index contributed by atoms with van der Waals surface area (Å²) in [6, 6.07) is 0. The van der Waals surface area contributed by atoms with Gasteiger partial charge in [0, 0.05) is 5.92 Å². The molecule has 3 heteroatoms. The van der Waals surface area contributed by atoms with Crippen LogP contribution in [-0.2, 0) is 0 Å². The summed E-state index contributed by atoms with van der Waals surface area (Å²) >= 11 is 0. The van der Waals surface area contributed by atoms with E-state index in [2.05, 4.69) is 40.7 Å². The van der Waals surface area contributed by atoms with Crippen LogP contribution in [0.25, 0.3) is 0 Å². The van der Waals surface area contributed by atoms with E-state index in [1.54, 1.807) is 0 Å². The first-order valence-corrected chi connectivity index (χ1v) is 12.9. The highest BCUT2D eigenvalue weighted by molar-refractivity contribution is 5.39. The molecule has 0 aromatic heterocycles. The van der Waals surface area contributed by atoms with Crippen LogP contribution < -0.4 is 0 Å². The van der Waals surface area contributed by atoms with E-state index in [9.17, 15) is 15.3 Å². The molecule has 182 valence electrons. The monoisotopic (exact) mass is 436 g/mol. The van der Waals surface area contributed by atoms with E-state index in [4.69, 9.17) is 0 Å². The molecule has 3 nitrogen and oxygen atoms in total. The SMILES string of the molecule is CCCCCC(C)(O)CCCC(C)(O)CCCC(C)CCC1=CC(O)C(C)C(C)=C1C. The summed E-state index contributed by atoms with van der Waals surface area (Å²) in [5, 5.41) is 31.5. The second-order valence-electron chi connectivity index (χ2n) is 11.1. The van der Waals surface area contributed by atoms with Crippen LogP contribution in [0.3, 0.4) is 0 Å². The number of aliphatic hydroxyl groups excluding tert-OH is 1. The zero-order chi connectivity index (χ0) is 23.7. The molecule has 0 aromatic rings. The molecule has 0 radical (unpaired) electrons. The molecule has 0 heterocycles. The molecule has 0 amide bonds. The maximum Gasteiger partial charge on any atom is 0.0789 e. The van der Waals surface area contributed by atoms with Gasteiger partial charge in [-0.3, -0.25) is 0 Å². The van der Waals surface area contributed by atoms with Gasteiger partial charge < -0.3 is 15.3 Å². The minimum atomic E-state index is -0.637. The zero-order valence-electron chi connectivity index (χ0n) is 21.6. The Balaban J connectivity index is 2.30. The Morgan fingerprint density at radius 2 is 1.45 bits per heavy atom. The largest absolute Gasteiger partial charge is 0.390 e. The molecule has 31 heavy (non-hydrogen) atoms. The lowest BCUT2D eigenvalue weighted by Gasteiger charge is -2.28. The van der Waals surface area contributed by atoms with Crippen LogP contribution in [0.15, 0.2) is 22.8 Å². The van der Waals surface area contributed by atoms with Crippen molar-refractivity contribution in [2.75, 3.05) is 0 Å². The second-order valence-corrected chi connectivity index (χ2v) is 11.1. The highest BCUT2D eigenvalue weighted by atomic mass is 16.3. The fourth-order valence-electron chi connectivity index (χ4n) is 4.83. The molecule has 1 aliphatic carbocycles. The molecular formula is C28H52O3. The Morgan fingerprint density at radius 1 is 0.903 bits per heavy atom. The van der Waals surface area contributed by atoms with Gasteiger partial charge in [0.1, 0.15) is 0 Å². The van der Waals surface area contributed by atoms with Gasteiger partial charge in [0.15, 0.2) is 0 Å². The average Bonchev–Trinajstić information content (AvgIpc) is 2.67. The van der Waals surface area contributed by atoms with E-state index in [-0.39, 0.29) is 12.0 Å². The lowest BCUT2D eigenvalue weighted by Crippen LogP contribution is -2.28. The lowest BCUT2D eigenvalue weighted by atomic mass is 9.81. The molecule has 0 bridgehead atoms. The Morgan fingerprint density at radius 3 is 2.03 bits per heavy atom. The maximum absolute atomic E-state index is 10.8. The Labute approximate surface area is 193 Å². The Bertz CT molecular complexity index is 585. The van der Waals surface area contributed by atoms with Gasteiger partial charge in [-0.1, -0.05) is 64.5 Å². The zero-order valence-corrected chi connectivity index (χ0v) is 21.6. The second kappa shape index (κ2) is 13.2. The highest BCUT2D eigenvalue weighted by Gasteiger charge is 2.25. The smallest absolute Gasteiger partial charge is 0.0789 e. The molecule has 5 atom stereocenters. The third kappa shape index (κ3) is 10.7. The number of allylic oxidation sites excluding steroid dienone is 2. The predicted molar refractivity (Wildman–Crippen MR) is 133 cm³/mol. The predicted octanol–water partition coefficient (Wildman–Crippen LogP) is 7.10. The maximum atomic E-state index is 10.8. The average molecular weight is 437 g/mol. The number of unbranched alkanes of at least 4 members (excludes halogenated alkanes) is 2. The fourth-order valence-corrected chi connectivity index (χ4v) is 4.83. The molecule has 0 aromatic carbocycles. The molecule has 1 aliphatic rings. The summed E-state index contributed by atoms with van der Waals surface area (Å²) in [5.41, 5.74) is 2.76. The minimum Gasteiger partial charge on any atom is -0.390 e. The number of hydrogen-bond acceptors (Lipinski definition) is 3. The van der Waals surface area contributed by atoms with E-state index in [1.807, 2.05) is 13.8 Å². The third-order valence-corrected chi connectivity index (χ3v) is 7.71. The highest BCUT2D eigenvalue weighted by Crippen LogP contribution is 2.33. The molecule has 0 spiro atoms. The summed E-state index contributed by atoms with van der Waals surface area (Å²) in [5.74, 6) is 0.837. The molecule has 3 N–H and O–H groups in total. The van der Waals surface area contributed by atoms with Crippen LogP contribution in [0.1, 0.15) is 126 Å². The van der Waals surface area contributed by atoms with Gasteiger partial charge in [0.25, 0.3) is 0 Å². The molecule has 0 saturated heterocycles. The third-order valence-electron chi connectivity index (χ3n) is 7.71. The van der Waals surface area contributed by atoms with E-state index in [0.717, 1.165) is 64.2 Å². The van der Waals surface area contributed by atoms with Crippen LogP contribution in [0.2, 0.25) is 0 Å². The quantitative estimate of drug-likeness (QED) is 0.240. The minimum absolute atomic E-state index is 0.225. The number of aliphatic hydroxyl groups is 3. The van der Waals surface area contributed by atoms with Crippen molar-refractivity contribution < 1.29 is 15.3 Å². The van der Waals surface area contributed by atoms with Gasteiger partial charge in [-0.15, -0.1) is 0 Å². The van der Waals surface area contributed by atoms with Crippen LogP contribution in [-0.4, -0.2) is 32.6 Å². The van der Waals surface area contributed by atoms with Crippen molar-refractivity contribution >= 4 is 0 Å². The van der Waals surface area contributed by atoms with Crippen molar-refractivity contribution in [1.82, 2.24) is 0 Å². The molecular weight excluding hydrogens is 384 g/mol. The van der Waals surface area contributed by atoms with Crippen molar-refractivity contribution in [2.45, 2.75) is 143 Å². The summed E-state index contributed by atoms with van der Waals surface area (Å²) in [6.07, 6.45) is 13.6. The summed E-state index contributed by atoms with van der Waals surface area (Å²) < 4.78 is 0. The van der Waals surface area contributed by atoms with E-state index >= 15 is 0 Å². The summed E-state index contributed by atoms with van der Waals surface area (Å²) in [4.78, 5) is 0. The molecule has 0 saturated carbocycles. The van der Waals surface area contributed by atoms with Crippen molar-refractivity contribution in [1.29, 1.82) is 0 Å². The van der Waals surface area contributed by atoms with E-state index in [0.29, 0.717) is 5.92 Å². The van der Waals surface area contributed by atoms with Crippen LogP contribution >= 0.6 is 0 Å². The first-order chi connectivity index (χ1) is 14.4. The molecule has 5 unspecified atom stereocenters. The van der Waals surface area contributed by atoms with Gasteiger partial charge in [-0.2, -0.15) is 0 Å². The normalized spacial score (nSPS) is 24.5. The number of hydrogen-bond donors (Lipinski definition) is 3. The first-order valence-electron chi connectivity index (χ1n) is 12.9. The van der Waals surface area contributed by atoms with Crippen molar-refractivity contribution in [2.24, 2.45) is 11.8 Å². The summed E-state index contributed by atoms with van der Waals surface area (Å²) in [6.45, 7) is 14.8. The van der Waals surface area contributed by atoms with E-state index in [1.165, 1.54) is 29.6 Å². The Kier molecular flexibility index (Phi) is 12.1. The Hall–Kier alpha value is -0.640.